The number of nitrogens with one attached hydrogen (secondary N) is 2. The van der Waals surface area contributed by atoms with E-state index in [1.807, 2.05) is 24.3 Å². The molecule has 4 N–H and O–H groups in total. The number of benzene rings is 2. The third kappa shape index (κ3) is 2.74. The third-order valence-electron chi connectivity index (χ3n) is 5.21. The van der Waals surface area contributed by atoms with Crippen LogP contribution in [0.15, 0.2) is 46.9 Å². The minimum Gasteiger partial charge on any atom is -0.479 e. The molecule has 0 aromatic heterocycles. The zero-order valence-corrected chi connectivity index (χ0v) is 15.0. The number of anilines is 1. The minimum atomic E-state index is -1.52. The van der Waals surface area contributed by atoms with Gasteiger partial charge in [0.05, 0.1) is 5.69 Å². The van der Waals surface area contributed by atoms with Crippen LogP contribution < -0.4 is 10.6 Å². The summed E-state index contributed by atoms with van der Waals surface area (Å²) in [7, 11) is 0. The van der Waals surface area contributed by atoms with Crippen molar-refractivity contribution in [2.45, 2.75) is 30.5 Å². The van der Waals surface area contributed by atoms with E-state index >= 15 is 0 Å². The Bertz CT molecular complexity index is 826. The van der Waals surface area contributed by atoms with Crippen molar-refractivity contribution in [3.63, 3.8) is 0 Å². The first-order valence-corrected chi connectivity index (χ1v) is 9.15. The number of aliphatic carboxylic acids is 1. The smallest absolute Gasteiger partial charge is 0.337 e. The van der Waals surface area contributed by atoms with Gasteiger partial charge < -0.3 is 20.8 Å². The van der Waals surface area contributed by atoms with Crippen LogP contribution in [0.2, 0.25) is 0 Å². The molecular formula is C19H19BrN2O3. The molecule has 6 heteroatoms. The van der Waals surface area contributed by atoms with Crippen molar-refractivity contribution in [3.8, 4) is 0 Å². The molecular weight excluding hydrogens is 384 g/mol. The van der Waals surface area contributed by atoms with Gasteiger partial charge in [0.15, 0.2) is 6.10 Å². The van der Waals surface area contributed by atoms with Gasteiger partial charge in [-0.25, -0.2) is 4.79 Å². The van der Waals surface area contributed by atoms with Crippen molar-refractivity contribution in [1.29, 1.82) is 0 Å². The summed E-state index contributed by atoms with van der Waals surface area (Å²) in [4.78, 5) is 11.3. The maximum absolute atomic E-state index is 11.3. The standard InChI is InChI=1S/C19H19BrN2O3/c20-13-7-3-6-12-15-14(22-16(12)13)8-9-21-17(15)10-4-1-2-5-11(10)18(23)19(24)25/h1-7,14-15,17-18,21-23H,8-9H2,(H,24,25)/t14-,15+,17+,18-/m0/s1. The summed E-state index contributed by atoms with van der Waals surface area (Å²) in [6, 6.07) is 13.7. The number of carbonyl (C=O) groups is 1. The average Bonchev–Trinajstić information content (AvgIpc) is 3.01. The highest BCUT2D eigenvalue weighted by molar-refractivity contribution is 9.10. The Labute approximate surface area is 154 Å². The van der Waals surface area contributed by atoms with Gasteiger partial charge in [0.1, 0.15) is 0 Å². The molecule has 2 aliphatic heterocycles. The van der Waals surface area contributed by atoms with E-state index in [1.54, 1.807) is 12.1 Å². The number of piperidine rings is 1. The summed E-state index contributed by atoms with van der Waals surface area (Å²) in [5, 5.41) is 26.5. The van der Waals surface area contributed by atoms with Crippen molar-refractivity contribution >= 4 is 27.6 Å². The number of halogens is 1. The fraction of sp³-hybridized carbons (Fsp3) is 0.316. The molecule has 0 amide bonds. The first kappa shape index (κ1) is 16.6. The lowest BCUT2D eigenvalue weighted by Gasteiger charge is -2.36. The van der Waals surface area contributed by atoms with E-state index in [1.165, 1.54) is 5.56 Å². The predicted molar refractivity (Wildman–Crippen MR) is 98.7 cm³/mol. The van der Waals surface area contributed by atoms with Crippen LogP contribution in [0.1, 0.15) is 41.2 Å². The lowest BCUT2D eigenvalue weighted by molar-refractivity contribution is -0.147. The molecule has 0 aliphatic carbocycles. The Balaban J connectivity index is 1.80. The number of rotatable bonds is 3. The molecule has 0 spiro atoms. The molecule has 2 aliphatic rings. The lowest BCUT2D eigenvalue weighted by atomic mass is 9.78. The number of carboxylic acids is 1. The Morgan fingerprint density at radius 1 is 1.16 bits per heavy atom. The maximum Gasteiger partial charge on any atom is 0.337 e. The molecule has 4 rings (SSSR count). The molecule has 2 aromatic carbocycles. The first-order valence-electron chi connectivity index (χ1n) is 8.36. The van der Waals surface area contributed by atoms with Crippen LogP contribution in [0.25, 0.3) is 0 Å². The van der Waals surface area contributed by atoms with Gasteiger partial charge in [-0.15, -0.1) is 0 Å². The molecule has 1 saturated heterocycles. The number of fused-ring (bicyclic) bond motifs is 3. The highest BCUT2D eigenvalue weighted by atomic mass is 79.9. The monoisotopic (exact) mass is 402 g/mol. The van der Waals surface area contributed by atoms with Crippen LogP contribution in [0, 0.1) is 0 Å². The van der Waals surface area contributed by atoms with E-state index in [4.69, 9.17) is 0 Å². The van der Waals surface area contributed by atoms with Gasteiger partial charge in [-0.2, -0.15) is 0 Å². The van der Waals surface area contributed by atoms with Gasteiger partial charge in [0, 0.05) is 22.5 Å². The van der Waals surface area contributed by atoms with E-state index in [9.17, 15) is 15.0 Å². The largest absolute Gasteiger partial charge is 0.479 e. The molecule has 0 saturated carbocycles. The summed E-state index contributed by atoms with van der Waals surface area (Å²) in [6.45, 7) is 0.835. The second-order valence-electron chi connectivity index (χ2n) is 6.57. The first-order chi connectivity index (χ1) is 12.1. The van der Waals surface area contributed by atoms with E-state index in [0.29, 0.717) is 5.56 Å². The van der Waals surface area contributed by atoms with Crippen LogP contribution in [0.5, 0.6) is 0 Å². The third-order valence-corrected chi connectivity index (χ3v) is 5.87. The van der Waals surface area contributed by atoms with Crippen LogP contribution in [0.4, 0.5) is 5.69 Å². The Morgan fingerprint density at radius 2 is 1.92 bits per heavy atom. The maximum atomic E-state index is 11.3. The highest BCUT2D eigenvalue weighted by Crippen LogP contribution is 2.49. The number of aliphatic hydroxyl groups is 1. The molecule has 0 unspecified atom stereocenters. The Morgan fingerprint density at radius 3 is 2.72 bits per heavy atom. The van der Waals surface area contributed by atoms with E-state index in [2.05, 4.69) is 32.6 Å². The second kappa shape index (κ2) is 6.44. The van der Waals surface area contributed by atoms with Gasteiger partial charge in [0.2, 0.25) is 0 Å². The second-order valence-corrected chi connectivity index (χ2v) is 7.43. The Hall–Kier alpha value is -1.89. The zero-order chi connectivity index (χ0) is 17.6. The molecule has 2 heterocycles. The molecule has 0 bridgehead atoms. The van der Waals surface area contributed by atoms with E-state index < -0.39 is 12.1 Å². The highest BCUT2D eigenvalue weighted by Gasteiger charge is 2.42. The fourth-order valence-electron chi connectivity index (χ4n) is 4.13. The molecule has 4 atom stereocenters. The van der Waals surface area contributed by atoms with Gasteiger partial charge in [-0.05, 0) is 51.7 Å². The Kier molecular flexibility index (Phi) is 4.27. The molecule has 5 nitrogen and oxygen atoms in total. The summed E-state index contributed by atoms with van der Waals surface area (Å²) in [5.41, 5.74) is 3.64. The quantitative estimate of drug-likeness (QED) is 0.633. The molecule has 25 heavy (non-hydrogen) atoms. The van der Waals surface area contributed by atoms with Gasteiger partial charge in [-0.3, -0.25) is 0 Å². The van der Waals surface area contributed by atoms with Crippen LogP contribution in [0.3, 0.4) is 0 Å². The van der Waals surface area contributed by atoms with Crippen LogP contribution >= 0.6 is 15.9 Å². The molecule has 2 aromatic rings. The molecule has 130 valence electrons. The summed E-state index contributed by atoms with van der Waals surface area (Å²) < 4.78 is 1.04. The van der Waals surface area contributed by atoms with Crippen molar-refractivity contribution < 1.29 is 15.0 Å². The zero-order valence-electron chi connectivity index (χ0n) is 13.4. The summed E-state index contributed by atoms with van der Waals surface area (Å²) in [5.74, 6) is -1.05. The normalized spacial score (nSPS) is 25.6. The van der Waals surface area contributed by atoms with Gasteiger partial charge in [0.25, 0.3) is 0 Å². The van der Waals surface area contributed by atoms with Gasteiger partial charge >= 0.3 is 5.97 Å². The molecule has 1 fully saturated rings. The fourth-order valence-corrected chi connectivity index (χ4v) is 4.62. The number of hydrogen-bond acceptors (Lipinski definition) is 4. The minimum absolute atomic E-state index is 0.0491. The summed E-state index contributed by atoms with van der Waals surface area (Å²) in [6.07, 6.45) is -0.527. The number of hydrogen-bond donors (Lipinski definition) is 4. The van der Waals surface area contributed by atoms with E-state index in [-0.39, 0.29) is 18.0 Å². The summed E-state index contributed by atoms with van der Waals surface area (Å²) >= 11 is 3.61. The average molecular weight is 403 g/mol. The lowest BCUT2D eigenvalue weighted by Crippen LogP contribution is -2.42. The van der Waals surface area contributed by atoms with Crippen molar-refractivity contribution in [2.75, 3.05) is 11.9 Å². The van der Waals surface area contributed by atoms with Crippen molar-refractivity contribution in [1.82, 2.24) is 5.32 Å². The van der Waals surface area contributed by atoms with E-state index in [0.717, 1.165) is 28.7 Å². The van der Waals surface area contributed by atoms with Gasteiger partial charge in [-0.1, -0.05) is 36.4 Å². The number of para-hydroxylation sites is 1. The number of carboxylic acid groups (broad SMARTS) is 1. The predicted octanol–water partition coefficient (Wildman–Crippen LogP) is 3.18. The van der Waals surface area contributed by atoms with Crippen LogP contribution in [-0.2, 0) is 4.79 Å². The topological polar surface area (TPSA) is 81.6 Å². The van der Waals surface area contributed by atoms with Crippen molar-refractivity contribution in [3.05, 3.63) is 63.6 Å². The van der Waals surface area contributed by atoms with Crippen molar-refractivity contribution in [2.24, 2.45) is 0 Å². The van der Waals surface area contributed by atoms with Crippen LogP contribution in [-0.4, -0.2) is 28.8 Å². The number of aliphatic hydroxyl groups excluding tert-OH is 1. The SMILES string of the molecule is O=C(O)[C@@H](O)c1ccccc1[C@H]1NCC[C@@H]2Nc3c(Br)cccc3[C@H]21. The molecule has 0 radical (unpaired) electrons.